The van der Waals surface area contributed by atoms with Crippen LogP contribution in [-0.4, -0.2) is 56.9 Å². The third kappa shape index (κ3) is 2.69. The van der Waals surface area contributed by atoms with E-state index in [2.05, 4.69) is 0 Å². The van der Waals surface area contributed by atoms with Gasteiger partial charge in [0.05, 0.1) is 12.2 Å². The number of halogens is 4. The predicted octanol–water partition coefficient (Wildman–Crippen LogP) is 4.18. The van der Waals surface area contributed by atoms with Gasteiger partial charge in [-0.25, -0.2) is 8.78 Å². The molecule has 1 saturated heterocycles. The Morgan fingerprint density at radius 3 is 2.52 bits per heavy atom. The Bertz CT molecular complexity index is 997. The van der Waals surface area contributed by atoms with E-state index in [0.29, 0.717) is 0 Å². The average Bonchev–Trinajstić information content (AvgIpc) is 3.11. The molecule has 182 valence electrons. The van der Waals surface area contributed by atoms with E-state index < -0.39 is 74.5 Å². The van der Waals surface area contributed by atoms with Crippen LogP contribution in [0, 0.1) is 22.7 Å². The SMILES string of the molecule is CC1(C)O[C@@H]2C[C@H]3[C@@H]4C[C@H](F)C5=CC(=O)C=C[C@]5(C)[C@@]4(F)[C@@H](O)C[C@]3(C)[C@]2(C(=O)C(Cl)Cl)O1. The van der Waals surface area contributed by atoms with Crippen molar-refractivity contribution >= 4 is 34.8 Å². The van der Waals surface area contributed by atoms with E-state index in [1.54, 1.807) is 20.8 Å². The second-order valence-corrected chi connectivity index (χ2v) is 12.2. The van der Waals surface area contributed by atoms with E-state index in [1.807, 2.05) is 0 Å². The molecule has 0 aromatic rings. The summed E-state index contributed by atoms with van der Waals surface area (Å²) in [6.45, 7) is 6.65. The first-order chi connectivity index (χ1) is 15.1. The van der Waals surface area contributed by atoms with Gasteiger partial charge in [-0.15, -0.1) is 0 Å². The van der Waals surface area contributed by atoms with Gasteiger partial charge in [0.1, 0.15) is 6.17 Å². The lowest BCUT2D eigenvalue weighted by Crippen LogP contribution is -2.71. The predicted molar refractivity (Wildman–Crippen MR) is 117 cm³/mol. The van der Waals surface area contributed by atoms with Crippen LogP contribution >= 0.6 is 23.2 Å². The van der Waals surface area contributed by atoms with Gasteiger partial charge in [-0.3, -0.25) is 9.59 Å². The van der Waals surface area contributed by atoms with E-state index in [4.69, 9.17) is 32.7 Å². The summed E-state index contributed by atoms with van der Waals surface area (Å²) in [5, 5.41) is 11.4. The summed E-state index contributed by atoms with van der Waals surface area (Å²) < 4.78 is 45.1. The van der Waals surface area contributed by atoms with Gasteiger partial charge in [0, 0.05) is 16.7 Å². The normalized spacial score (nSPS) is 52.1. The summed E-state index contributed by atoms with van der Waals surface area (Å²) in [4.78, 5) is 24.0. The lowest BCUT2D eigenvalue weighted by molar-refractivity contribution is -0.248. The molecule has 4 aliphatic carbocycles. The molecule has 5 rings (SSSR count). The standard InChI is InChI=1S/C24H28Cl2F2O5/c1-20(2)32-17-9-12-13-8-15(27)14-7-11(29)5-6-21(14,3)23(13,28)16(30)10-22(12,4)24(17,33-20)18(31)19(25)26/h5-7,12-13,15-17,19,30H,8-10H2,1-4H3/t12-,13-,15-,16-,17+,21-,22-,23-,24-/m0/s1. The Kier molecular flexibility index (Phi) is 4.97. The maximum Gasteiger partial charge on any atom is 0.200 e. The molecule has 1 aliphatic heterocycles. The molecule has 9 heteroatoms. The lowest BCUT2D eigenvalue weighted by Gasteiger charge is -2.63. The highest BCUT2D eigenvalue weighted by Gasteiger charge is 2.81. The third-order valence-corrected chi connectivity index (χ3v) is 9.58. The van der Waals surface area contributed by atoms with Gasteiger partial charge in [0.15, 0.2) is 27.7 Å². The van der Waals surface area contributed by atoms with Crippen LogP contribution in [0.5, 0.6) is 0 Å². The van der Waals surface area contributed by atoms with E-state index in [9.17, 15) is 14.7 Å². The topological polar surface area (TPSA) is 72.8 Å². The minimum atomic E-state index is -2.25. The van der Waals surface area contributed by atoms with E-state index in [-0.39, 0.29) is 24.8 Å². The Labute approximate surface area is 201 Å². The number of hydrogen-bond acceptors (Lipinski definition) is 5. The number of aliphatic hydroxyl groups excluding tert-OH is 1. The summed E-state index contributed by atoms with van der Waals surface area (Å²) in [5.74, 6) is -3.61. The molecule has 0 spiro atoms. The fraction of sp³-hybridized carbons (Fsp3) is 0.750. The molecule has 33 heavy (non-hydrogen) atoms. The molecule has 1 N–H and O–H groups in total. The summed E-state index contributed by atoms with van der Waals surface area (Å²) in [6, 6.07) is 0. The van der Waals surface area contributed by atoms with Crippen LogP contribution in [0.25, 0.3) is 0 Å². The van der Waals surface area contributed by atoms with Crippen molar-refractivity contribution in [2.75, 3.05) is 0 Å². The van der Waals surface area contributed by atoms with E-state index >= 15 is 8.78 Å². The first-order valence-electron chi connectivity index (χ1n) is 11.3. The number of alkyl halides is 4. The minimum Gasteiger partial charge on any atom is -0.390 e. The van der Waals surface area contributed by atoms with Gasteiger partial charge in [-0.1, -0.05) is 36.2 Å². The van der Waals surface area contributed by atoms with Crippen molar-refractivity contribution in [2.45, 2.75) is 87.2 Å². The van der Waals surface area contributed by atoms with Crippen molar-refractivity contribution in [1.29, 1.82) is 0 Å². The molecular formula is C24H28Cl2F2O5. The van der Waals surface area contributed by atoms with Gasteiger partial charge < -0.3 is 14.6 Å². The molecule has 5 nitrogen and oxygen atoms in total. The Morgan fingerprint density at radius 2 is 1.88 bits per heavy atom. The van der Waals surface area contributed by atoms with Gasteiger partial charge >= 0.3 is 0 Å². The highest BCUT2D eigenvalue weighted by Crippen LogP contribution is 2.72. The van der Waals surface area contributed by atoms with Crippen LogP contribution < -0.4 is 0 Å². The van der Waals surface area contributed by atoms with Gasteiger partial charge in [-0.05, 0) is 63.7 Å². The second kappa shape index (κ2) is 6.88. The highest BCUT2D eigenvalue weighted by atomic mass is 35.5. The van der Waals surface area contributed by atoms with Crippen LogP contribution in [0.4, 0.5) is 8.78 Å². The number of fused-ring (bicyclic) bond motifs is 7. The number of ketones is 2. The molecule has 1 heterocycles. The zero-order chi connectivity index (χ0) is 24.4. The number of carbonyl (C=O) groups is 2. The maximum atomic E-state index is 17.2. The molecule has 0 bridgehead atoms. The summed E-state index contributed by atoms with van der Waals surface area (Å²) in [6.07, 6.45) is -0.233. The van der Waals surface area contributed by atoms with Gasteiger partial charge in [0.2, 0.25) is 5.78 Å². The molecule has 0 amide bonds. The Balaban J connectivity index is 1.67. The molecule has 3 saturated carbocycles. The fourth-order valence-corrected chi connectivity index (χ4v) is 8.22. The Morgan fingerprint density at radius 1 is 1.21 bits per heavy atom. The van der Waals surface area contributed by atoms with Crippen molar-refractivity contribution in [3.63, 3.8) is 0 Å². The zero-order valence-corrected chi connectivity index (χ0v) is 20.4. The number of carbonyl (C=O) groups excluding carboxylic acids is 2. The number of rotatable bonds is 2. The first-order valence-corrected chi connectivity index (χ1v) is 12.2. The number of Topliss-reactive ketones (excluding diaryl/α,β-unsaturated/α-hetero) is 1. The van der Waals surface area contributed by atoms with Crippen molar-refractivity contribution in [2.24, 2.45) is 22.7 Å². The second-order valence-electron chi connectivity index (χ2n) is 11.1. The molecule has 0 aromatic carbocycles. The zero-order valence-electron chi connectivity index (χ0n) is 18.9. The van der Waals surface area contributed by atoms with E-state index in [0.717, 1.165) is 6.08 Å². The van der Waals surface area contributed by atoms with Crippen LogP contribution in [0.15, 0.2) is 23.8 Å². The number of hydrogen-bond donors (Lipinski definition) is 1. The quantitative estimate of drug-likeness (QED) is 0.571. The number of aliphatic hydroxyl groups is 1. The smallest absolute Gasteiger partial charge is 0.200 e. The van der Waals surface area contributed by atoms with Gasteiger partial charge in [0.25, 0.3) is 0 Å². The molecule has 9 atom stereocenters. The maximum absolute atomic E-state index is 17.2. The van der Waals surface area contributed by atoms with Crippen molar-refractivity contribution < 1.29 is 33.0 Å². The molecule has 4 fully saturated rings. The van der Waals surface area contributed by atoms with E-state index in [1.165, 1.54) is 19.1 Å². The van der Waals surface area contributed by atoms with Crippen molar-refractivity contribution in [3.05, 3.63) is 23.8 Å². The average molecular weight is 505 g/mol. The third-order valence-electron chi connectivity index (χ3n) is 9.19. The molecule has 0 unspecified atom stereocenters. The number of allylic oxidation sites excluding steroid dienone is 4. The molecule has 0 aromatic heterocycles. The van der Waals surface area contributed by atoms with Gasteiger partial charge in [-0.2, -0.15) is 0 Å². The molecular weight excluding hydrogens is 477 g/mol. The van der Waals surface area contributed by atoms with Crippen molar-refractivity contribution in [3.8, 4) is 0 Å². The van der Waals surface area contributed by atoms with Crippen LogP contribution in [0.3, 0.4) is 0 Å². The summed E-state index contributed by atoms with van der Waals surface area (Å²) in [5.41, 5.74) is -6.39. The highest BCUT2D eigenvalue weighted by molar-refractivity contribution is 6.54. The van der Waals surface area contributed by atoms with Crippen LogP contribution in [-0.2, 0) is 19.1 Å². The fourth-order valence-electron chi connectivity index (χ4n) is 7.90. The summed E-state index contributed by atoms with van der Waals surface area (Å²) >= 11 is 12.1. The number of ether oxygens (including phenoxy) is 2. The van der Waals surface area contributed by atoms with Crippen LogP contribution in [0.2, 0.25) is 0 Å². The van der Waals surface area contributed by atoms with Crippen LogP contribution in [0.1, 0.15) is 47.0 Å². The minimum absolute atomic E-state index is 0.0515. The summed E-state index contributed by atoms with van der Waals surface area (Å²) in [7, 11) is 0. The first kappa shape index (κ1) is 23.9. The molecule has 5 aliphatic rings. The largest absolute Gasteiger partial charge is 0.390 e. The Hall–Kier alpha value is -0.860. The monoisotopic (exact) mass is 504 g/mol. The molecule has 0 radical (unpaired) electrons. The van der Waals surface area contributed by atoms with Crippen molar-refractivity contribution in [1.82, 2.24) is 0 Å². The lowest BCUT2D eigenvalue weighted by atomic mass is 9.44.